The fourth-order valence-electron chi connectivity index (χ4n) is 3.73. The number of nitrogens with zero attached hydrogens (tertiary/aromatic N) is 3. The molecule has 2 amide bonds. The molecule has 0 atom stereocenters. The van der Waals surface area contributed by atoms with Gasteiger partial charge in [-0.15, -0.1) is 0 Å². The maximum atomic E-state index is 13.9. The van der Waals surface area contributed by atoms with Gasteiger partial charge in [-0.1, -0.05) is 6.07 Å². The van der Waals surface area contributed by atoms with Crippen LogP contribution in [-0.2, 0) is 16.0 Å². The number of Topliss-reactive ketones (excluding diaryl/α,β-unsaturated/α-hetero) is 1. The first kappa shape index (κ1) is 26.0. The largest absolute Gasteiger partial charge is 0.502 e. The highest BCUT2D eigenvalue weighted by molar-refractivity contribution is 6.01. The van der Waals surface area contributed by atoms with Crippen LogP contribution in [0.4, 0.5) is 8.78 Å². The first-order valence-corrected chi connectivity index (χ1v) is 11.2. The van der Waals surface area contributed by atoms with Crippen molar-refractivity contribution < 1.29 is 33.0 Å². The van der Waals surface area contributed by atoms with Crippen molar-refractivity contribution in [3.63, 3.8) is 0 Å². The number of aromatic nitrogens is 1. The summed E-state index contributed by atoms with van der Waals surface area (Å²) in [5, 5.41) is 11.7. The zero-order chi connectivity index (χ0) is 25.9. The fourth-order valence-corrected chi connectivity index (χ4v) is 3.73. The Kier molecular flexibility index (Phi) is 8.00. The highest BCUT2D eigenvalue weighted by Gasteiger charge is 2.35. The molecule has 0 saturated heterocycles. The summed E-state index contributed by atoms with van der Waals surface area (Å²) in [7, 11) is 0. The van der Waals surface area contributed by atoms with E-state index in [9.17, 15) is 33.1 Å². The van der Waals surface area contributed by atoms with Crippen molar-refractivity contribution in [2.45, 2.75) is 46.1 Å². The van der Waals surface area contributed by atoms with Crippen LogP contribution < -0.4 is 10.4 Å². The Morgan fingerprint density at radius 1 is 1.20 bits per heavy atom. The summed E-state index contributed by atoms with van der Waals surface area (Å²) in [6, 6.07) is 2.95. The zero-order valence-corrected chi connectivity index (χ0v) is 19.7. The summed E-state index contributed by atoms with van der Waals surface area (Å²) in [6.07, 6.45) is 1.09. The lowest BCUT2D eigenvalue weighted by Crippen LogP contribution is -2.56. The van der Waals surface area contributed by atoms with Gasteiger partial charge in [-0.25, -0.2) is 18.5 Å². The third-order valence-electron chi connectivity index (χ3n) is 5.54. The normalized spacial score (nSPS) is 13.4. The summed E-state index contributed by atoms with van der Waals surface area (Å²) in [6.45, 7) is 5.43. The van der Waals surface area contributed by atoms with Crippen LogP contribution in [0, 0.1) is 11.6 Å². The van der Waals surface area contributed by atoms with Crippen molar-refractivity contribution in [3.8, 4) is 5.75 Å². The average molecular weight is 491 g/mol. The van der Waals surface area contributed by atoms with Crippen molar-refractivity contribution in [2.24, 2.45) is 0 Å². The van der Waals surface area contributed by atoms with E-state index in [1.54, 1.807) is 0 Å². The summed E-state index contributed by atoms with van der Waals surface area (Å²) >= 11 is 0. The minimum Gasteiger partial charge on any atom is -0.502 e. The molecular weight excluding hydrogens is 464 g/mol. The van der Waals surface area contributed by atoms with E-state index in [1.807, 2.05) is 13.8 Å². The molecule has 0 unspecified atom stereocenters. The Balaban J connectivity index is 1.88. The number of halogens is 2. The van der Waals surface area contributed by atoms with Gasteiger partial charge < -0.3 is 14.7 Å². The summed E-state index contributed by atoms with van der Waals surface area (Å²) in [5.41, 5.74) is -1.86. The lowest BCUT2D eigenvalue weighted by Gasteiger charge is -2.38. The van der Waals surface area contributed by atoms with Crippen molar-refractivity contribution >= 4 is 17.6 Å². The number of aryl methyl sites for hydroxylation is 1. The summed E-state index contributed by atoms with van der Waals surface area (Å²) in [4.78, 5) is 52.2. The predicted molar refractivity (Wildman–Crippen MR) is 122 cm³/mol. The molecular formula is C24H27F2N3O6. The number of rotatable bonds is 9. The van der Waals surface area contributed by atoms with Crippen LogP contribution in [0.5, 0.6) is 5.75 Å². The molecule has 0 bridgehead atoms. The second kappa shape index (κ2) is 10.8. The Bertz CT molecular complexity index is 1210. The molecule has 0 fully saturated rings. The lowest BCUT2D eigenvalue weighted by molar-refractivity contribution is -0.118. The lowest BCUT2D eigenvalue weighted by atomic mass is 10.0. The van der Waals surface area contributed by atoms with Gasteiger partial charge >= 0.3 is 0 Å². The molecule has 1 aliphatic rings. The van der Waals surface area contributed by atoms with E-state index < -0.39 is 51.7 Å². The van der Waals surface area contributed by atoms with Crippen LogP contribution in [-0.4, -0.2) is 58.2 Å². The number of benzene rings is 1. The van der Waals surface area contributed by atoms with Crippen molar-refractivity contribution in [2.75, 3.05) is 24.8 Å². The van der Waals surface area contributed by atoms with Gasteiger partial charge in [0.15, 0.2) is 17.2 Å². The zero-order valence-electron chi connectivity index (χ0n) is 19.7. The molecule has 9 nitrogen and oxygen atoms in total. The van der Waals surface area contributed by atoms with Gasteiger partial charge in [-0.3, -0.25) is 19.2 Å². The van der Waals surface area contributed by atoms with Crippen LogP contribution >= 0.6 is 0 Å². The number of pyridine rings is 1. The van der Waals surface area contributed by atoms with E-state index >= 15 is 0 Å². The van der Waals surface area contributed by atoms with Crippen molar-refractivity contribution in [1.29, 1.82) is 0 Å². The number of carbonyl (C=O) groups excluding carboxylic acids is 3. The Morgan fingerprint density at radius 2 is 1.91 bits per heavy atom. The number of hydrogen-bond donors (Lipinski definition) is 1. The number of fused-ring (bicyclic) bond motifs is 1. The maximum absolute atomic E-state index is 13.9. The first-order chi connectivity index (χ1) is 16.5. The van der Waals surface area contributed by atoms with E-state index in [0.717, 1.165) is 21.9 Å². The average Bonchev–Trinajstić information content (AvgIpc) is 2.78. The molecule has 11 heteroatoms. The first-order valence-electron chi connectivity index (χ1n) is 11.2. The molecule has 1 aliphatic heterocycles. The van der Waals surface area contributed by atoms with Gasteiger partial charge in [0.2, 0.25) is 11.3 Å². The molecule has 1 aromatic carbocycles. The molecule has 0 radical (unpaired) electrons. The van der Waals surface area contributed by atoms with E-state index in [2.05, 4.69) is 0 Å². The molecule has 2 aromatic rings. The fraction of sp³-hybridized carbons (Fsp3) is 0.417. The summed E-state index contributed by atoms with van der Waals surface area (Å²) in [5.74, 6) is -4.43. The second-order valence-electron chi connectivity index (χ2n) is 8.47. The van der Waals surface area contributed by atoms with E-state index in [1.165, 1.54) is 17.9 Å². The van der Waals surface area contributed by atoms with Gasteiger partial charge in [-0.05, 0) is 38.3 Å². The highest BCUT2D eigenvalue weighted by Crippen LogP contribution is 2.22. The molecule has 3 rings (SSSR count). The summed E-state index contributed by atoms with van der Waals surface area (Å²) < 4.78 is 33.5. The third kappa shape index (κ3) is 5.73. The minimum atomic E-state index is -1.07. The molecule has 2 heterocycles. The number of hydrogen-bond acceptors (Lipinski definition) is 6. The molecule has 0 aliphatic carbocycles. The van der Waals surface area contributed by atoms with Crippen LogP contribution in [0.3, 0.4) is 0 Å². The second-order valence-corrected chi connectivity index (χ2v) is 8.47. The quantitative estimate of drug-likeness (QED) is 0.426. The predicted octanol–water partition coefficient (Wildman–Crippen LogP) is 2.36. The number of ketones is 1. The van der Waals surface area contributed by atoms with Gasteiger partial charge in [0, 0.05) is 38.8 Å². The minimum absolute atomic E-state index is 0.0135. The molecule has 0 spiro atoms. The van der Waals surface area contributed by atoms with Crippen molar-refractivity contribution in [3.05, 3.63) is 63.1 Å². The van der Waals surface area contributed by atoms with Crippen LogP contribution in [0.1, 0.15) is 60.0 Å². The van der Waals surface area contributed by atoms with E-state index in [-0.39, 0.29) is 37.7 Å². The number of amides is 2. The number of ether oxygens (including phenoxy) is 1. The highest BCUT2D eigenvalue weighted by atomic mass is 19.1. The molecule has 188 valence electrons. The molecule has 0 saturated carbocycles. The standard InChI is InChI=1S/C24H27F2N3O6/c1-14(2)35-10-4-9-27-13-29(15(3)30)28-12-18(22(32)23(33)21(28)24(27)34)20(31)8-6-16-5-7-17(25)11-19(16)26/h5,7,11-12,14,33H,4,6,8-10,13H2,1-3H3. The van der Waals surface area contributed by atoms with Gasteiger partial charge in [0.1, 0.15) is 18.3 Å². The molecule has 1 N–H and O–H groups in total. The van der Waals surface area contributed by atoms with Crippen LogP contribution in [0.15, 0.2) is 29.2 Å². The molecule has 35 heavy (non-hydrogen) atoms. The van der Waals surface area contributed by atoms with Crippen LogP contribution in [0.2, 0.25) is 0 Å². The Morgan fingerprint density at radius 3 is 2.54 bits per heavy atom. The maximum Gasteiger partial charge on any atom is 0.277 e. The number of carbonyl (C=O) groups is 3. The third-order valence-corrected chi connectivity index (χ3v) is 5.54. The van der Waals surface area contributed by atoms with E-state index in [0.29, 0.717) is 19.1 Å². The topological polar surface area (TPSA) is 109 Å². The Hall–Kier alpha value is -3.60. The van der Waals surface area contributed by atoms with E-state index in [4.69, 9.17) is 4.74 Å². The van der Waals surface area contributed by atoms with Crippen molar-refractivity contribution in [1.82, 2.24) is 9.58 Å². The van der Waals surface area contributed by atoms with Crippen LogP contribution in [0.25, 0.3) is 0 Å². The monoisotopic (exact) mass is 491 g/mol. The van der Waals surface area contributed by atoms with Gasteiger partial charge in [0.25, 0.3) is 5.91 Å². The SMILES string of the molecule is CC(=O)N1CN(CCCOC(C)C)C(=O)c2c(O)c(=O)c(C(=O)CCc3ccc(F)cc3F)cn21. The molecule has 1 aromatic heterocycles. The number of aromatic hydroxyl groups is 1. The smallest absolute Gasteiger partial charge is 0.277 e. The van der Waals surface area contributed by atoms with Gasteiger partial charge in [-0.2, -0.15) is 0 Å². The van der Waals surface area contributed by atoms with Gasteiger partial charge in [0.05, 0.1) is 11.7 Å². The Labute approximate surface area is 200 Å².